The zero-order valence-corrected chi connectivity index (χ0v) is 24.9. The summed E-state index contributed by atoms with van der Waals surface area (Å²) in [5.41, 5.74) is 1.54. The van der Waals surface area contributed by atoms with Gasteiger partial charge in [0.05, 0.1) is 12.2 Å². The molecule has 4 fully saturated rings. The van der Waals surface area contributed by atoms with E-state index in [9.17, 15) is 19.8 Å². The van der Waals surface area contributed by atoms with Crippen LogP contribution in [0.4, 0.5) is 4.39 Å². The Hall–Kier alpha value is -2.97. The minimum Gasteiger partial charge on any atom is -0.393 e. The van der Waals surface area contributed by atoms with Gasteiger partial charge in [-0.3, -0.25) is 9.59 Å². The Labute approximate surface area is 251 Å². The molecule has 0 aromatic heterocycles. The molecule has 0 unspecified atom stereocenters. The normalized spacial score (nSPS) is 39.5. The van der Waals surface area contributed by atoms with Gasteiger partial charge in [0.1, 0.15) is 12.4 Å². The highest BCUT2D eigenvalue weighted by atomic mass is 19.1. The van der Waals surface area contributed by atoms with Crippen LogP contribution in [-0.2, 0) is 25.5 Å². The lowest BCUT2D eigenvalue weighted by Crippen LogP contribution is -2.63. The second kappa shape index (κ2) is 10.0. The second-order valence-electron chi connectivity index (χ2n) is 13.9. The maximum atomic E-state index is 15.6. The Balaban J connectivity index is 1.19. The number of ether oxygens (including phenoxy) is 2. The standard InChI is InChI=1S/C36H39FO6/c1-20-4-6-21(7-5-20)14-22-8-10-26(28(37)15-22)33-42-31-17-27-25-11-9-23-16-24(39)12-13-34(23,2)32(25)29(40)18-35(27,3)36(31,43-33)30(41)19-38/h4-8,10,12-13,15-16,25,27,29,31-33,38,40H,9,11,14,17-19H2,1-3H3/t25-,27-,29-,31+,32+,33-,34-,35-,36+/m0/s1. The molecule has 1 aliphatic heterocycles. The molecule has 7 heteroatoms. The number of aliphatic hydroxyl groups is 2. The third kappa shape index (κ3) is 4.12. The number of allylic oxidation sites excluding steroid dienone is 4. The minimum atomic E-state index is -1.51. The van der Waals surface area contributed by atoms with Crippen LogP contribution in [-0.4, -0.2) is 46.2 Å². The monoisotopic (exact) mass is 586 g/mol. The van der Waals surface area contributed by atoms with Crippen molar-refractivity contribution in [2.24, 2.45) is 28.6 Å². The van der Waals surface area contributed by atoms with Gasteiger partial charge in [0, 0.05) is 22.3 Å². The summed E-state index contributed by atoms with van der Waals surface area (Å²) in [7, 11) is 0. The van der Waals surface area contributed by atoms with E-state index >= 15 is 4.39 Å². The summed E-state index contributed by atoms with van der Waals surface area (Å²) >= 11 is 0. The van der Waals surface area contributed by atoms with Crippen molar-refractivity contribution in [3.8, 4) is 0 Å². The van der Waals surface area contributed by atoms with Gasteiger partial charge < -0.3 is 19.7 Å². The predicted octanol–water partition coefficient (Wildman–Crippen LogP) is 5.33. The highest BCUT2D eigenvalue weighted by Gasteiger charge is 2.76. The highest BCUT2D eigenvalue weighted by molar-refractivity contribution is 6.01. The van der Waals surface area contributed by atoms with Crippen LogP contribution < -0.4 is 0 Å². The van der Waals surface area contributed by atoms with Gasteiger partial charge in [0.15, 0.2) is 23.5 Å². The van der Waals surface area contributed by atoms with Gasteiger partial charge >= 0.3 is 0 Å². The van der Waals surface area contributed by atoms with Gasteiger partial charge in [-0.2, -0.15) is 0 Å². The van der Waals surface area contributed by atoms with Gasteiger partial charge in [-0.15, -0.1) is 0 Å². The molecule has 5 aliphatic rings. The molecule has 43 heavy (non-hydrogen) atoms. The third-order valence-electron chi connectivity index (χ3n) is 11.6. The molecule has 3 saturated carbocycles. The number of hydrogen-bond acceptors (Lipinski definition) is 6. The van der Waals surface area contributed by atoms with Crippen molar-refractivity contribution in [2.75, 3.05) is 6.61 Å². The van der Waals surface area contributed by atoms with E-state index in [2.05, 4.69) is 6.92 Å². The van der Waals surface area contributed by atoms with Gasteiger partial charge in [0.2, 0.25) is 0 Å². The van der Waals surface area contributed by atoms with Crippen LogP contribution in [0.3, 0.4) is 0 Å². The lowest BCUT2D eigenvalue weighted by molar-refractivity contribution is -0.201. The first kappa shape index (κ1) is 28.8. The van der Waals surface area contributed by atoms with Crippen molar-refractivity contribution >= 4 is 11.6 Å². The van der Waals surface area contributed by atoms with Gasteiger partial charge in [0.25, 0.3) is 0 Å². The van der Waals surface area contributed by atoms with Crippen molar-refractivity contribution in [1.82, 2.24) is 0 Å². The number of carbonyl (C=O) groups excluding carboxylic acids is 2. The fourth-order valence-electron chi connectivity index (χ4n) is 9.64. The second-order valence-corrected chi connectivity index (χ2v) is 13.9. The Morgan fingerprint density at radius 2 is 1.86 bits per heavy atom. The Morgan fingerprint density at radius 3 is 2.58 bits per heavy atom. The highest BCUT2D eigenvalue weighted by Crippen LogP contribution is 2.70. The summed E-state index contributed by atoms with van der Waals surface area (Å²) in [6.45, 7) is 5.37. The van der Waals surface area contributed by atoms with Crippen LogP contribution in [0, 0.1) is 41.3 Å². The first-order valence-corrected chi connectivity index (χ1v) is 15.4. The smallest absolute Gasteiger partial charge is 0.193 e. The quantitative estimate of drug-likeness (QED) is 0.492. The Kier molecular flexibility index (Phi) is 6.71. The van der Waals surface area contributed by atoms with E-state index in [1.54, 1.807) is 18.2 Å². The fourth-order valence-corrected chi connectivity index (χ4v) is 9.64. The van der Waals surface area contributed by atoms with Crippen LogP contribution in [0.25, 0.3) is 0 Å². The molecule has 0 spiro atoms. The lowest BCUT2D eigenvalue weighted by atomic mass is 9.46. The summed E-state index contributed by atoms with van der Waals surface area (Å²) in [5.74, 6) is -1.06. The first-order chi connectivity index (χ1) is 20.5. The van der Waals surface area contributed by atoms with Crippen molar-refractivity contribution < 1.29 is 33.7 Å². The summed E-state index contributed by atoms with van der Waals surface area (Å²) in [6.07, 6.45) is 5.61. The predicted molar refractivity (Wildman–Crippen MR) is 157 cm³/mol. The summed E-state index contributed by atoms with van der Waals surface area (Å²) in [4.78, 5) is 25.9. The number of ketones is 2. The van der Waals surface area contributed by atoms with E-state index < -0.39 is 53.1 Å². The molecule has 2 aromatic rings. The van der Waals surface area contributed by atoms with Gasteiger partial charge in [-0.1, -0.05) is 67.5 Å². The molecule has 2 aromatic carbocycles. The fraction of sp³-hybridized carbons (Fsp3) is 0.500. The van der Waals surface area contributed by atoms with Gasteiger partial charge in [-0.05, 0) is 80.2 Å². The maximum Gasteiger partial charge on any atom is 0.193 e. The number of aryl methyl sites for hydroxylation is 1. The van der Waals surface area contributed by atoms with E-state index in [0.717, 1.165) is 35.1 Å². The molecule has 7 rings (SSSR count). The average Bonchev–Trinajstić information content (AvgIpc) is 3.47. The lowest BCUT2D eigenvalue weighted by Gasteiger charge is -2.59. The third-order valence-corrected chi connectivity index (χ3v) is 11.6. The summed E-state index contributed by atoms with van der Waals surface area (Å²) < 4.78 is 28.6. The van der Waals surface area contributed by atoms with E-state index in [-0.39, 0.29) is 35.5 Å². The van der Waals surface area contributed by atoms with Crippen molar-refractivity contribution in [3.05, 3.63) is 94.3 Å². The largest absolute Gasteiger partial charge is 0.393 e. The van der Waals surface area contributed by atoms with Crippen LogP contribution >= 0.6 is 0 Å². The maximum absolute atomic E-state index is 15.6. The summed E-state index contributed by atoms with van der Waals surface area (Å²) in [6, 6.07) is 13.1. The summed E-state index contributed by atoms with van der Waals surface area (Å²) in [5, 5.41) is 22.0. The van der Waals surface area contributed by atoms with Gasteiger partial charge in [-0.25, -0.2) is 4.39 Å². The topological polar surface area (TPSA) is 93.1 Å². The van der Waals surface area contributed by atoms with Crippen molar-refractivity contribution in [3.63, 3.8) is 0 Å². The molecule has 226 valence electrons. The van der Waals surface area contributed by atoms with E-state index in [4.69, 9.17) is 9.47 Å². The first-order valence-electron chi connectivity index (χ1n) is 15.4. The van der Waals surface area contributed by atoms with E-state index in [1.807, 2.05) is 50.3 Å². The number of fused-ring (bicyclic) bond motifs is 7. The van der Waals surface area contributed by atoms with Crippen molar-refractivity contribution in [1.29, 1.82) is 0 Å². The number of halogens is 1. The number of aliphatic hydroxyl groups excluding tert-OH is 2. The molecule has 6 nitrogen and oxygen atoms in total. The SMILES string of the molecule is Cc1ccc(Cc2ccc([C@H]3O[C@@H]4C[C@H]5[C@@H]6CCC7=CC(=O)C=C[C@]7(C)[C@H]6[C@@H](O)C[C@]5(C)[C@]4(C(=O)CO)O3)c(F)c2)cc1. The molecular formula is C36H39FO6. The molecule has 0 amide bonds. The molecule has 0 bridgehead atoms. The molecule has 2 N–H and O–H groups in total. The Bertz CT molecular complexity index is 1550. The molecular weight excluding hydrogens is 547 g/mol. The zero-order chi connectivity index (χ0) is 30.3. The van der Waals surface area contributed by atoms with Crippen LogP contribution in [0.1, 0.15) is 68.1 Å². The molecule has 1 saturated heterocycles. The molecule has 0 radical (unpaired) electrons. The van der Waals surface area contributed by atoms with E-state index in [0.29, 0.717) is 12.8 Å². The van der Waals surface area contributed by atoms with Crippen LogP contribution in [0.5, 0.6) is 0 Å². The average molecular weight is 587 g/mol. The number of Topliss-reactive ketones (excluding diaryl/α,β-unsaturated/α-hetero) is 1. The molecule has 1 heterocycles. The molecule has 9 atom stereocenters. The zero-order valence-electron chi connectivity index (χ0n) is 24.9. The number of benzene rings is 2. The molecule has 4 aliphatic carbocycles. The van der Waals surface area contributed by atoms with Crippen molar-refractivity contribution in [2.45, 2.75) is 77.0 Å². The number of carbonyl (C=O) groups is 2. The minimum absolute atomic E-state index is 0.0199. The Morgan fingerprint density at radius 1 is 1.12 bits per heavy atom. The number of rotatable bonds is 5. The number of hydrogen-bond donors (Lipinski definition) is 2. The van der Waals surface area contributed by atoms with E-state index in [1.165, 1.54) is 6.07 Å². The van der Waals surface area contributed by atoms with Crippen LogP contribution in [0.2, 0.25) is 0 Å². The van der Waals surface area contributed by atoms with Crippen LogP contribution in [0.15, 0.2) is 66.3 Å².